The van der Waals surface area contributed by atoms with Crippen LogP contribution in [0, 0.1) is 7.14 Å². The van der Waals surface area contributed by atoms with Crippen LogP contribution in [0.25, 0.3) is 6.08 Å². The van der Waals surface area contributed by atoms with E-state index >= 15 is 0 Å². The predicted molar refractivity (Wildman–Crippen MR) is 195 cm³/mol. The van der Waals surface area contributed by atoms with Gasteiger partial charge in [-0.15, -0.1) is 0 Å². The number of hydrogen-bond donors (Lipinski definition) is 0. The third-order valence-corrected chi connectivity index (χ3v) is 9.97. The molecule has 5 rings (SSSR count). The third-order valence-electron chi connectivity index (χ3n) is 6.80. The molecule has 0 aliphatic carbocycles. The summed E-state index contributed by atoms with van der Waals surface area (Å²) in [6, 6.07) is 15.9. The van der Waals surface area contributed by atoms with Crippen LogP contribution in [-0.2, 0) is 16.1 Å². The highest BCUT2D eigenvalue weighted by Gasteiger charge is 2.33. The minimum Gasteiger partial charge on any atom is -0.494 e. The van der Waals surface area contributed by atoms with Crippen LogP contribution in [0.15, 0.2) is 75.7 Å². The molecule has 0 N–H and O–H groups in total. The summed E-state index contributed by atoms with van der Waals surface area (Å²) in [5, 5.41) is 1.11. The van der Waals surface area contributed by atoms with Gasteiger partial charge >= 0.3 is 5.97 Å². The van der Waals surface area contributed by atoms with Gasteiger partial charge in [-0.2, -0.15) is 0 Å². The van der Waals surface area contributed by atoms with Crippen molar-refractivity contribution in [3.63, 3.8) is 0 Å². The smallest absolute Gasteiger partial charge is 0.338 e. The van der Waals surface area contributed by atoms with Crippen molar-refractivity contribution in [2.75, 3.05) is 6.61 Å². The van der Waals surface area contributed by atoms with E-state index in [4.69, 9.17) is 37.4 Å². The van der Waals surface area contributed by atoms with Crippen LogP contribution in [0.3, 0.4) is 0 Å². The van der Waals surface area contributed by atoms with Crippen molar-refractivity contribution in [3.8, 4) is 11.5 Å². The molecule has 1 atom stereocenters. The van der Waals surface area contributed by atoms with Crippen LogP contribution in [0.2, 0.25) is 10.0 Å². The molecule has 1 aliphatic heterocycles. The van der Waals surface area contributed by atoms with Crippen LogP contribution in [0.5, 0.6) is 11.5 Å². The molecule has 2 heterocycles. The van der Waals surface area contributed by atoms with Crippen LogP contribution in [0.4, 0.5) is 0 Å². The van der Waals surface area contributed by atoms with E-state index in [0.717, 1.165) is 29.6 Å². The van der Waals surface area contributed by atoms with Gasteiger partial charge in [-0.1, -0.05) is 52.7 Å². The number of esters is 1. The molecule has 0 saturated heterocycles. The molecule has 45 heavy (non-hydrogen) atoms. The average molecular weight is 889 g/mol. The number of carbonyl (C=O) groups excluding carboxylic acids is 1. The molecule has 4 aromatic rings. The second-order valence-electron chi connectivity index (χ2n) is 10.4. The van der Waals surface area contributed by atoms with Crippen LogP contribution in [-0.4, -0.2) is 23.2 Å². The molecule has 1 aromatic heterocycles. The molecule has 0 amide bonds. The number of carbonyl (C=O) groups is 1. The Morgan fingerprint density at radius 1 is 1.07 bits per heavy atom. The minimum atomic E-state index is -0.707. The average Bonchev–Trinajstić information content (AvgIpc) is 3.26. The summed E-state index contributed by atoms with van der Waals surface area (Å²) in [6.07, 6.45) is 1.51. The fraction of sp³-hybridized carbons (Fsp3) is 0.242. The van der Waals surface area contributed by atoms with Gasteiger partial charge in [0.2, 0.25) is 0 Å². The Morgan fingerprint density at radius 2 is 1.76 bits per heavy atom. The lowest BCUT2D eigenvalue weighted by Gasteiger charge is -2.25. The molecule has 3 aromatic carbocycles. The summed E-state index contributed by atoms with van der Waals surface area (Å²) in [7, 11) is 0. The minimum absolute atomic E-state index is 0.247. The summed E-state index contributed by atoms with van der Waals surface area (Å²) in [4.78, 5) is 32.6. The molecular weight excluding hydrogens is 861 g/mol. The molecular formula is C33H28Cl2I2N2O5S. The number of ether oxygens (including phenoxy) is 3. The van der Waals surface area contributed by atoms with Crippen LogP contribution < -0.4 is 24.4 Å². The normalized spacial score (nSPS) is 14.8. The molecule has 0 unspecified atom stereocenters. The number of allylic oxidation sites excluding steroid dienone is 1. The summed E-state index contributed by atoms with van der Waals surface area (Å²) < 4.78 is 21.2. The third kappa shape index (κ3) is 7.61. The topological polar surface area (TPSA) is 79.1 Å². The van der Waals surface area contributed by atoms with Crippen molar-refractivity contribution < 1.29 is 19.0 Å². The number of benzene rings is 3. The summed E-state index contributed by atoms with van der Waals surface area (Å²) in [5.41, 5.74) is 3.01. The van der Waals surface area contributed by atoms with Gasteiger partial charge in [0.05, 0.1) is 41.7 Å². The van der Waals surface area contributed by atoms with Gasteiger partial charge in [0.1, 0.15) is 18.1 Å². The van der Waals surface area contributed by atoms with Crippen molar-refractivity contribution in [2.45, 2.75) is 46.4 Å². The molecule has 0 fully saturated rings. The second kappa shape index (κ2) is 14.6. The van der Waals surface area contributed by atoms with E-state index in [-0.39, 0.29) is 18.3 Å². The van der Waals surface area contributed by atoms with Crippen molar-refractivity contribution in [3.05, 3.63) is 119 Å². The molecule has 0 saturated carbocycles. The number of hydrogen-bond acceptors (Lipinski definition) is 7. The zero-order valence-electron chi connectivity index (χ0n) is 24.7. The largest absolute Gasteiger partial charge is 0.494 e. The molecule has 1 aliphatic rings. The SMILES string of the molecule is CCOc1ccc([C@@H]2C(C(=O)OC(C)C)=C(C)N=c3s/c(=C/c4cc(I)c(OCc5ccc(Cl)cc5Cl)c(I)c4)c(=O)n32)cc1. The van der Waals surface area contributed by atoms with Crippen molar-refractivity contribution in [1.29, 1.82) is 0 Å². The van der Waals surface area contributed by atoms with E-state index in [0.29, 0.717) is 43.0 Å². The highest BCUT2D eigenvalue weighted by Crippen LogP contribution is 2.33. The van der Waals surface area contributed by atoms with E-state index < -0.39 is 12.0 Å². The van der Waals surface area contributed by atoms with Gasteiger partial charge in [0, 0.05) is 15.6 Å². The van der Waals surface area contributed by atoms with Crippen molar-refractivity contribution in [2.24, 2.45) is 4.99 Å². The maximum atomic E-state index is 14.1. The van der Waals surface area contributed by atoms with Crippen LogP contribution >= 0.6 is 79.7 Å². The van der Waals surface area contributed by atoms with Gasteiger partial charge in [-0.3, -0.25) is 9.36 Å². The quantitative estimate of drug-likeness (QED) is 0.127. The van der Waals surface area contributed by atoms with Crippen LogP contribution in [0.1, 0.15) is 50.4 Å². The summed E-state index contributed by atoms with van der Waals surface area (Å²) in [6.45, 7) is 8.09. The van der Waals surface area contributed by atoms with Gasteiger partial charge in [0.15, 0.2) is 4.80 Å². The second-order valence-corrected chi connectivity index (χ2v) is 14.6. The molecule has 0 spiro atoms. The zero-order valence-corrected chi connectivity index (χ0v) is 31.3. The van der Waals surface area contributed by atoms with Gasteiger partial charge < -0.3 is 14.2 Å². The molecule has 7 nitrogen and oxygen atoms in total. The standard InChI is InChI=1S/C33H28Cl2I2N2O5S/c1-5-42-23-10-7-20(8-11-23)29-28(32(41)44-17(2)3)18(4)38-33-39(29)31(40)27(45-33)14-19-12-25(36)30(26(37)13-19)43-16-21-6-9-22(34)15-24(21)35/h6-15,17,29H,5,16H2,1-4H3/b27-14+/t29-/m1/s1. The van der Waals surface area contributed by atoms with Gasteiger partial charge in [0.25, 0.3) is 5.56 Å². The number of aromatic nitrogens is 1. The Hall–Kier alpha value is -2.39. The Morgan fingerprint density at radius 3 is 2.38 bits per heavy atom. The molecule has 234 valence electrons. The maximum absolute atomic E-state index is 14.1. The Kier molecular flexibility index (Phi) is 11.0. The monoisotopic (exact) mass is 888 g/mol. The number of fused-ring (bicyclic) bond motifs is 1. The van der Waals surface area contributed by atoms with E-state index in [2.05, 4.69) is 50.2 Å². The maximum Gasteiger partial charge on any atom is 0.338 e. The van der Waals surface area contributed by atoms with Gasteiger partial charge in [-0.05, 0) is 126 Å². The highest BCUT2D eigenvalue weighted by molar-refractivity contribution is 14.1. The predicted octanol–water partition coefficient (Wildman–Crippen LogP) is 7.68. The molecule has 12 heteroatoms. The fourth-order valence-corrected chi connectivity index (χ4v) is 8.47. The molecule has 0 radical (unpaired) electrons. The number of rotatable bonds is 9. The first-order valence-electron chi connectivity index (χ1n) is 14.0. The van der Waals surface area contributed by atoms with E-state index in [9.17, 15) is 9.59 Å². The van der Waals surface area contributed by atoms with Crippen molar-refractivity contribution >= 4 is 91.8 Å². The Bertz CT molecular complexity index is 1960. The lowest BCUT2D eigenvalue weighted by atomic mass is 9.96. The zero-order chi connectivity index (χ0) is 32.4. The summed E-state index contributed by atoms with van der Waals surface area (Å²) >= 11 is 18.1. The molecule has 0 bridgehead atoms. The number of nitrogens with zero attached hydrogens (tertiary/aromatic N) is 2. The lowest BCUT2D eigenvalue weighted by Crippen LogP contribution is -2.40. The first-order valence-corrected chi connectivity index (χ1v) is 17.7. The van der Waals surface area contributed by atoms with E-state index in [1.165, 1.54) is 11.3 Å². The fourth-order valence-electron chi connectivity index (χ4n) is 4.83. The van der Waals surface area contributed by atoms with Crippen molar-refractivity contribution in [1.82, 2.24) is 4.57 Å². The number of thiazole rings is 1. The first kappa shape index (κ1) is 34.0. The lowest BCUT2D eigenvalue weighted by molar-refractivity contribution is -0.143. The summed E-state index contributed by atoms with van der Waals surface area (Å²) in [5.74, 6) is 0.924. The van der Waals surface area contributed by atoms with Gasteiger partial charge in [-0.25, -0.2) is 9.79 Å². The van der Waals surface area contributed by atoms with E-state index in [1.807, 2.05) is 55.5 Å². The Balaban J connectivity index is 1.54. The number of halogens is 4. The van der Waals surface area contributed by atoms with E-state index in [1.54, 1.807) is 37.5 Å². The highest BCUT2D eigenvalue weighted by atomic mass is 127. The first-order chi connectivity index (χ1) is 21.5. The Labute approximate surface area is 301 Å².